The minimum Gasteiger partial charge on any atom is -0.495 e. The average molecular weight is 354 g/mol. The summed E-state index contributed by atoms with van der Waals surface area (Å²) in [6, 6.07) is 11.0. The minimum absolute atomic E-state index is 0.108. The van der Waals surface area contributed by atoms with Crippen molar-refractivity contribution in [2.45, 2.75) is 11.8 Å². The number of carbonyl (C=O) groups excluding carboxylic acids is 1. The zero-order chi connectivity index (χ0) is 17.0. The summed E-state index contributed by atoms with van der Waals surface area (Å²) in [6.07, 6.45) is 0. The molecule has 0 aliphatic heterocycles. The summed E-state index contributed by atoms with van der Waals surface area (Å²) in [5.41, 5.74) is 1.26. The molecule has 2 aromatic rings. The highest BCUT2D eigenvalue weighted by Gasteiger charge is 2.20. The molecule has 0 heterocycles. The summed E-state index contributed by atoms with van der Waals surface area (Å²) in [7, 11) is -2.27. The molecule has 2 rings (SSSR count). The molecule has 1 amide bonds. The largest absolute Gasteiger partial charge is 0.495 e. The van der Waals surface area contributed by atoms with Crippen LogP contribution in [0.25, 0.3) is 0 Å². The number of ether oxygens (including phenoxy) is 1. The highest BCUT2D eigenvalue weighted by atomic mass is 35.5. The van der Waals surface area contributed by atoms with Gasteiger partial charge in [-0.3, -0.25) is 4.79 Å². The molecule has 2 aromatic carbocycles. The second kappa shape index (κ2) is 7.02. The lowest BCUT2D eigenvalue weighted by atomic mass is 10.2. The summed E-state index contributed by atoms with van der Waals surface area (Å²) in [4.78, 5) is 12.2. The highest BCUT2D eigenvalue weighted by molar-refractivity contribution is 7.92. The van der Waals surface area contributed by atoms with E-state index in [4.69, 9.17) is 16.3 Å². The maximum atomic E-state index is 12.2. The number of hydrogen-bond acceptors (Lipinski definition) is 4. The molecule has 0 aliphatic carbocycles. The SMILES string of the molecule is COc1ccc(Cl)cc1NC(=O)CS(=O)(=O)c1ccc(C)cc1. The van der Waals surface area contributed by atoms with Gasteiger partial charge in [0, 0.05) is 5.02 Å². The first-order chi connectivity index (χ1) is 10.8. The van der Waals surface area contributed by atoms with Crippen LogP contribution in [0.3, 0.4) is 0 Å². The third kappa shape index (κ3) is 4.46. The molecule has 122 valence electrons. The van der Waals surface area contributed by atoms with Crippen molar-refractivity contribution >= 4 is 33.0 Å². The monoisotopic (exact) mass is 353 g/mol. The standard InChI is InChI=1S/C16H16ClNO4S/c1-11-3-6-13(7-4-11)23(20,21)10-16(19)18-14-9-12(17)5-8-15(14)22-2/h3-9H,10H2,1-2H3,(H,18,19). The van der Waals surface area contributed by atoms with Crippen molar-refractivity contribution in [3.8, 4) is 5.75 Å². The van der Waals surface area contributed by atoms with Crippen molar-refractivity contribution in [3.05, 3.63) is 53.1 Å². The third-order valence-corrected chi connectivity index (χ3v) is 5.00. The van der Waals surface area contributed by atoms with Crippen LogP contribution in [0.15, 0.2) is 47.4 Å². The Kier molecular flexibility index (Phi) is 5.28. The molecule has 0 aliphatic rings. The second-order valence-corrected chi connectivity index (χ2v) is 7.39. The molecule has 0 saturated carbocycles. The summed E-state index contributed by atoms with van der Waals surface area (Å²) in [5.74, 6) is -0.923. The van der Waals surface area contributed by atoms with Crippen LogP contribution in [0.1, 0.15) is 5.56 Å². The van der Waals surface area contributed by atoms with E-state index < -0.39 is 21.5 Å². The Hall–Kier alpha value is -2.05. The predicted octanol–water partition coefficient (Wildman–Crippen LogP) is 3.07. The molecule has 7 heteroatoms. The van der Waals surface area contributed by atoms with E-state index in [1.807, 2.05) is 6.92 Å². The number of carbonyl (C=O) groups is 1. The van der Waals surface area contributed by atoms with Crippen LogP contribution >= 0.6 is 11.6 Å². The maximum absolute atomic E-state index is 12.2. The van der Waals surface area contributed by atoms with Crippen molar-refractivity contribution in [3.63, 3.8) is 0 Å². The van der Waals surface area contributed by atoms with Crippen molar-refractivity contribution in [1.29, 1.82) is 0 Å². The van der Waals surface area contributed by atoms with Crippen LogP contribution < -0.4 is 10.1 Å². The van der Waals surface area contributed by atoms with Crippen LogP contribution in [-0.4, -0.2) is 27.2 Å². The summed E-state index contributed by atoms with van der Waals surface area (Å²) in [5, 5.41) is 2.92. The molecule has 0 spiro atoms. The zero-order valence-corrected chi connectivity index (χ0v) is 14.2. The van der Waals surface area contributed by atoms with E-state index in [1.165, 1.54) is 25.3 Å². The Balaban J connectivity index is 2.16. The van der Waals surface area contributed by atoms with Gasteiger partial charge in [-0.25, -0.2) is 8.42 Å². The molecule has 5 nitrogen and oxygen atoms in total. The lowest BCUT2D eigenvalue weighted by Crippen LogP contribution is -2.23. The lowest BCUT2D eigenvalue weighted by molar-refractivity contribution is -0.113. The maximum Gasteiger partial charge on any atom is 0.240 e. The first kappa shape index (κ1) is 17.3. The number of anilines is 1. The molecule has 1 N–H and O–H groups in total. The topological polar surface area (TPSA) is 72.5 Å². The summed E-state index contributed by atoms with van der Waals surface area (Å²) in [6.45, 7) is 1.86. The normalized spacial score (nSPS) is 11.1. The van der Waals surface area contributed by atoms with Gasteiger partial charge in [-0.2, -0.15) is 0 Å². The lowest BCUT2D eigenvalue weighted by Gasteiger charge is -2.11. The minimum atomic E-state index is -3.71. The van der Waals surface area contributed by atoms with Crippen molar-refractivity contribution < 1.29 is 17.9 Å². The Morgan fingerprint density at radius 2 is 1.83 bits per heavy atom. The fraction of sp³-hybridized carbons (Fsp3) is 0.188. The van der Waals surface area contributed by atoms with Crippen LogP contribution in [-0.2, 0) is 14.6 Å². The molecule has 0 bridgehead atoms. The van der Waals surface area contributed by atoms with E-state index in [2.05, 4.69) is 5.32 Å². The summed E-state index contributed by atoms with van der Waals surface area (Å²) < 4.78 is 29.6. The van der Waals surface area contributed by atoms with Gasteiger partial charge in [0.15, 0.2) is 9.84 Å². The van der Waals surface area contributed by atoms with Gasteiger partial charge in [-0.15, -0.1) is 0 Å². The van der Waals surface area contributed by atoms with Crippen LogP contribution in [0.5, 0.6) is 5.75 Å². The summed E-state index contributed by atoms with van der Waals surface area (Å²) >= 11 is 5.88. The second-order valence-electron chi connectivity index (χ2n) is 4.96. The predicted molar refractivity (Wildman–Crippen MR) is 89.9 cm³/mol. The molecule has 0 radical (unpaired) electrons. The molecular formula is C16H16ClNO4S. The van der Waals surface area contributed by atoms with Crippen LogP contribution in [0.4, 0.5) is 5.69 Å². The molecule has 0 saturated heterocycles. The van der Waals surface area contributed by atoms with Gasteiger partial charge in [0.1, 0.15) is 11.5 Å². The van der Waals surface area contributed by atoms with Gasteiger partial charge in [0.05, 0.1) is 17.7 Å². The number of nitrogens with one attached hydrogen (secondary N) is 1. The van der Waals surface area contributed by atoms with Crippen LogP contribution in [0, 0.1) is 6.92 Å². The molecule has 0 aromatic heterocycles. The number of sulfone groups is 1. The van der Waals surface area contributed by atoms with Gasteiger partial charge in [0.2, 0.25) is 5.91 Å². The van der Waals surface area contributed by atoms with Gasteiger partial charge in [-0.1, -0.05) is 29.3 Å². The Bertz CT molecular complexity index is 816. The van der Waals surface area contributed by atoms with Gasteiger partial charge in [0.25, 0.3) is 0 Å². The van der Waals surface area contributed by atoms with E-state index in [0.717, 1.165) is 5.56 Å². The molecule has 0 fully saturated rings. The van der Waals surface area contributed by atoms with E-state index >= 15 is 0 Å². The molecular weight excluding hydrogens is 338 g/mol. The number of rotatable bonds is 5. The van der Waals surface area contributed by atoms with E-state index in [1.54, 1.807) is 24.3 Å². The highest BCUT2D eigenvalue weighted by Crippen LogP contribution is 2.27. The zero-order valence-electron chi connectivity index (χ0n) is 12.7. The average Bonchev–Trinajstić information content (AvgIpc) is 2.47. The first-order valence-corrected chi connectivity index (χ1v) is 8.77. The number of halogens is 1. The van der Waals surface area contributed by atoms with E-state index in [-0.39, 0.29) is 4.90 Å². The first-order valence-electron chi connectivity index (χ1n) is 6.74. The fourth-order valence-corrected chi connectivity index (χ4v) is 3.27. The number of aryl methyl sites for hydroxylation is 1. The quantitative estimate of drug-likeness (QED) is 0.896. The van der Waals surface area contributed by atoms with E-state index in [9.17, 15) is 13.2 Å². The number of amides is 1. The van der Waals surface area contributed by atoms with Crippen molar-refractivity contribution in [2.75, 3.05) is 18.2 Å². The van der Waals surface area contributed by atoms with Gasteiger partial charge in [-0.05, 0) is 37.3 Å². The molecule has 0 atom stereocenters. The van der Waals surface area contributed by atoms with Gasteiger partial charge >= 0.3 is 0 Å². The van der Waals surface area contributed by atoms with Gasteiger partial charge < -0.3 is 10.1 Å². The number of methoxy groups -OCH3 is 1. The van der Waals surface area contributed by atoms with Crippen LogP contribution in [0.2, 0.25) is 5.02 Å². The Morgan fingerprint density at radius 1 is 1.17 bits per heavy atom. The molecule has 0 unspecified atom stereocenters. The molecule has 23 heavy (non-hydrogen) atoms. The van der Waals surface area contributed by atoms with Crippen molar-refractivity contribution in [1.82, 2.24) is 0 Å². The Labute approximate surface area is 140 Å². The fourth-order valence-electron chi connectivity index (χ4n) is 1.97. The van der Waals surface area contributed by atoms with Crippen molar-refractivity contribution in [2.24, 2.45) is 0 Å². The Morgan fingerprint density at radius 3 is 2.43 bits per heavy atom. The van der Waals surface area contributed by atoms with E-state index in [0.29, 0.717) is 16.5 Å². The third-order valence-electron chi connectivity index (χ3n) is 3.14. The number of benzene rings is 2. The smallest absolute Gasteiger partial charge is 0.240 e. The number of hydrogen-bond donors (Lipinski definition) is 1.